The highest BCUT2D eigenvalue weighted by Gasteiger charge is 2.59. The second-order valence-corrected chi connectivity index (χ2v) is 7.52. The van der Waals surface area contributed by atoms with Gasteiger partial charge in [0.15, 0.2) is 0 Å². The molecule has 0 N–H and O–H groups in total. The Balaban J connectivity index is 1.84. The van der Waals surface area contributed by atoms with Gasteiger partial charge in [0.05, 0.1) is 22.9 Å². The molecule has 5 nitrogen and oxygen atoms in total. The van der Waals surface area contributed by atoms with Crippen LogP contribution in [0.25, 0.3) is 0 Å². The average Bonchev–Trinajstić information content (AvgIpc) is 3.20. The van der Waals surface area contributed by atoms with Crippen LogP contribution < -0.4 is 10.0 Å². The van der Waals surface area contributed by atoms with Gasteiger partial charge < -0.3 is 0 Å². The highest BCUT2D eigenvalue weighted by molar-refractivity contribution is 6.23. The Kier molecular flexibility index (Phi) is 4.19. The highest BCUT2D eigenvalue weighted by atomic mass is 16.2. The fourth-order valence-electron chi connectivity index (χ4n) is 4.40. The SMILES string of the molecule is C[C@@H]1CC[C@@](C#N)(C2C(=O)N(c3ccccc3)N(c3ccccc3)C2=O)C1. The van der Waals surface area contributed by atoms with Crippen LogP contribution in [-0.2, 0) is 9.59 Å². The summed E-state index contributed by atoms with van der Waals surface area (Å²) in [6.45, 7) is 2.08. The van der Waals surface area contributed by atoms with E-state index in [9.17, 15) is 14.9 Å². The maximum absolute atomic E-state index is 13.5. The van der Waals surface area contributed by atoms with Gasteiger partial charge >= 0.3 is 0 Å². The van der Waals surface area contributed by atoms with E-state index >= 15 is 0 Å². The van der Waals surface area contributed by atoms with Crippen molar-refractivity contribution >= 4 is 23.2 Å². The summed E-state index contributed by atoms with van der Waals surface area (Å²) in [5.41, 5.74) is 0.326. The second kappa shape index (κ2) is 6.55. The third kappa shape index (κ3) is 2.69. The van der Waals surface area contributed by atoms with E-state index in [0.29, 0.717) is 30.1 Å². The third-order valence-electron chi connectivity index (χ3n) is 5.68. The number of carbonyl (C=O) groups is 2. The minimum Gasteiger partial charge on any atom is -0.272 e. The van der Waals surface area contributed by atoms with Gasteiger partial charge in [-0.3, -0.25) is 9.59 Å². The third-order valence-corrected chi connectivity index (χ3v) is 5.68. The molecule has 0 spiro atoms. The van der Waals surface area contributed by atoms with Crippen LogP contribution in [-0.4, -0.2) is 11.8 Å². The quantitative estimate of drug-likeness (QED) is 0.780. The van der Waals surface area contributed by atoms with Crippen molar-refractivity contribution in [3.05, 3.63) is 60.7 Å². The number of anilines is 2. The first-order chi connectivity index (χ1) is 13.1. The van der Waals surface area contributed by atoms with E-state index in [4.69, 9.17) is 0 Å². The number of benzene rings is 2. The summed E-state index contributed by atoms with van der Waals surface area (Å²) >= 11 is 0. The zero-order chi connectivity index (χ0) is 19.0. The molecule has 4 rings (SSSR count). The van der Waals surface area contributed by atoms with Crippen molar-refractivity contribution in [3.8, 4) is 6.07 Å². The molecule has 0 radical (unpaired) electrons. The summed E-state index contributed by atoms with van der Waals surface area (Å²) in [4.78, 5) is 26.9. The number of nitriles is 1. The molecule has 27 heavy (non-hydrogen) atoms. The van der Waals surface area contributed by atoms with Crippen LogP contribution in [0.5, 0.6) is 0 Å². The van der Waals surface area contributed by atoms with Gasteiger partial charge in [-0.25, -0.2) is 10.0 Å². The molecule has 0 aromatic heterocycles. The summed E-state index contributed by atoms with van der Waals surface area (Å²) < 4.78 is 0. The highest BCUT2D eigenvalue weighted by Crippen LogP contribution is 2.50. The molecule has 1 saturated carbocycles. The van der Waals surface area contributed by atoms with E-state index in [1.165, 1.54) is 10.0 Å². The molecule has 1 aliphatic heterocycles. The Morgan fingerprint density at radius 2 is 1.41 bits per heavy atom. The van der Waals surface area contributed by atoms with Gasteiger partial charge in [0, 0.05) is 0 Å². The number of para-hydroxylation sites is 2. The lowest BCUT2D eigenvalue weighted by Gasteiger charge is -2.27. The number of amides is 2. The van der Waals surface area contributed by atoms with Crippen LogP contribution in [0.2, 0.25) is 0 Å². The molecule has 2 aromatic rings. The average molecular weight is 359 g/mol. The van der Waals surface area contributed by atoms with Gasteiger partial charge in [0.1, 0.15) is 5.92 Å². The summed E-state index contributed by atoms with van der Waals surface area (Å²) in [7, 11) is 0. The Hall–Kier alpha value is -3.13. The lowest BCUT2D eigenvalue weighted by atomic mass is 9.74. The molecule has 1 aliphatic carbocycles. The topological polar surface area (TPSA) is 64.4 Å². The molecule has 2 aliphatic rings. The Morgan fingerprint density at radius 3 is 1.78 bits per heavy atom. The summed E-state index contributed by atoms with van der Waals surface area (Å²) in [6, 6.07) is 20.7. The van der Waals surface area contributed by atoms with E-state index in [1.54, 1.807) is 24.3 Å². The largest absolute Gasteiger partial charge is 0.272 e. The zero-order valence-corrected chi connectivity index (χ0v) is 15.2. The number of hydrogen-bond donors (Lipinski definition) is 0. The molecule has 1 saturated heterocycles. The number of carbonyl (C=O) groups excluding carboxylic acids is 2. The lowest BCUT2D eigenvalue weighted by Crippen LogP contribution is -2.41. The first-order valence-corrected chi connectivity index (χ1v) is 9.26. The van der Waals surface area contributed by atoms with Crippen molar-refractivity contribution in [3.63, 3.8) is 0 Å². The van der Waals surface area contributed by atoms with Gasteiger partial charge in [-0.15, -0.1) is 0 Å². The van der Waals surface area contributed by atoms with E-state index in [2.05, 4.69) is 13.0 Å². The van der Waals surface area contributed by atoms with Gasteiger partial charge in [-0.1, -0.05) is 43.3 Å². The van der Waals surface area contributed by atoms with Crippen molar-refractivity contribution in [2.24, 2.45) is 17.3 Å². The van der Waals surface area contributed by atoms with Crippen LogP contribution in [0, 0.1) is 28.6 Å². The zero-order valence-electron chi connectivity index (χ0n) is 15.2. The number of nitrogens with zero attached hydrogens (tertiary/aromatic N) is 3. The van der Waals surface area contributed by atoms with Crippen LogP contribution in [0.4, 0.5) is 11.4 Å². The van der Waals surface area contributed by atoms with Gasteiger partial charge in [0.25, 0.3) is 11.8 Å². The molecule has 1 heterocycles. The van der Waals surface area contributed by atoms with Crippen molar-refractivity contribution in [1.82, 2.24) is 0 Å². The van der Waals surface area contributed by atoms with Gasteiger partial charge in [-0.05, 0) is 49.4 Å². The molecule has 2 amide bonds. The Bertz CT molecular complexity index is 849. The molecule has 5 heteroatoms. The van der Waals surface area contributed by atoms with Gasteiger partial charge in [-0.2, -0.15) is 5.26 Å². The Labute approximate surface area is 158 Å². The predicted molar refractivity (Wildman–Crippen MR) is 102 cm³/mol. The maximum atomic E-state index is 13.5. The number of hydrogen-bond acceptors (Lipinski definition) is 3. The first kappa shape index (κ1) is 17.3. The minimum atomic E-state index is -0.965. The smallest absolute Gasteiger partial charge is 0.260 e. The number of rotatable bonds is 3. The predicted octanol–water partition coefficient (Wildman–Crippen LogP) is 3.93. The fourth-order valence-corrected chi connectivity index (χ4v) is 4.40. The standard InChI is InChI=1S/C22H21N3O2/c1-16-12-13-22(14-16,15-23)19-20(26)24(17-8-4-2-5-9-17)25(21(19)27)18-10-6-3-7-11-18/h2-11,16,19H,12-14H2,1H3/t16-,22-/m1/s1. The van der Waals surface area contributed by atoms with Crippen molar-refractivity contribution < 1.29 is 9.59 Å². The molecule has 0 unspecified atom stereocenters. The summed E-state index contributed by atoms with van der Waals surface area (Å²) in [6.07, 6.45) is 2.02. The first-order valence-electron chi connectivity index (χ1n) is 9.26. The number of hydrazine groups is 1. The summed E-state index contributed by atoms with van der Waals surface area (Å²) in [5.74, 6) is -1.26. The van der Waals surface area contributed by atoms with E-state index in [1.807, 2.05) is 36.4 Å². The molecule has 2 fully saturated rings. The molecular formula is C22H21N3O2. The van der Waals surface area contributed by atoms with Crippen LogP contribution in [0.3, 0.4) is 0 Å². The fraction of sp³-hybridized carbons (Fsp3) is 0.318. The summed E-state index contributed by atoms with van der Waals surface area (Å²) in [5, 5.41) is 12.8. The maximum Gasteiger partial charge on any atom is 0.260 e. The molecule has 2 aromatic carbocycles. The van der Waals surface area contributed by atoms with E-state index in [0.717, 1.165) is 6.42 Å². The molecule has 0 bridgehead atoms. The minimum absolute atomic E-state index is 0.314. The second-order valence-electron chi connectivity index (χ2n) is 7.52. The van der Waals surface area contributed by atoms with E-state index in [-0.39, 0.29) is 11.8 Å². The monoisotopic (exact) mass is 359 g/mol. The normalized spacial score (nSPS) is 25.9. The van der Waals surface area contributed by atoms with Crippen LogP contribution in [0.15, 0.2) is 60.7 Å². The van der Waals surface area contributed by atoms with E-state index < -0.39 is 11.3 Å². The molecule has 136 valence electrons. The molecular weight excluding hydrogens is 338 g/mol. The van der Waals surface area contributed by atoms with Crippen LogP contribution >= 0.6 is 0 Å². The van der Waals surface area contributed by atoms with Crippen LogP contribution in [0.1, 0.15) is 26.2 Å². The molecule has 2 atom stereocenters. The van der Waals surface area contributed by atoms with Crippen molar-refractivity contribution in [2.75, 3.05) is 10.0 Å². The lowest BCUT2D eigenvalue weighted by molar-refractivity contribution is -0.130. The Morgan fingerprint density at radius 1 is 0.926 bits per heavy atom. The van der Waals surface area contributed by atoms with Crippen molar-refractivity contribution in [2.45, 2.75) is 26.2 Å². The van der Waals surface area contributed by atoms with Gasteiger partial charge in [0.2, 0.25) is 0 Å². The van der Waals surface area contributed by atoms with Crippen molar-refractivity contribution in [1.29, 1.82) is 5.26 Å².